The third kappa shape index (κ3) is 5.83. The summed E-state index contributed by atoms with van der Waals surface area (Å²) in [5.41, 5.74) is 0.587. The maximum absolute atomic E-state index is 12.4. The number of para-hydroxylation sites is 1. The zero-order valence-corrected chi connectivity index (χ0v) is 12.8. The molecule has 0 aliphatic heterocycles. The predicted octanol–water partition coefficient (Wildman–Crippen LogP) is 1.58. The molecule has 0 aromatic heterocycles. The van der Waals surface area contributed by atoms with Gasteiger partial charge in [-0.1, -0.05) is 18.2 Å². The predicted molar refractivity (Wildman–Crippen MR) is 82.6 cm³/mol. The lowest BCUT2D eigenvalue weighted by molar-refractivity contribution is -0.135. The molecule has 0 bridgehead atoms. The van der Waals surface area contributed by atoms with Crippen LogP contribution in [0.25, 0.3) is 0 Å². The molecule has 0 heterocycles. The van der Waals surface area contributed by atoms with Crippen molar-refractivity contribution in [3.05, 3.63) is 30.3 Å². The molecule has 0 spiro atoms. The van der Waals surface area contributed by atoms with Crippen LogP contribution in [0.2, 0.25) is 0 Å². The Labute approximate surface area is 125 Å². The fraction of sp³-hybridized carbons (Fsp3) is 0.467. The topological polar surface area (TPSA) is 64.1 Å². The number of carbonyl (C=O) groups is 2. The van der Waals surface area contributed by atoms with Gasteiger partial charge in [-0.25, -0.2) is 4.79 Å². The smallest absolute Gasteiger partial charge is 0.324 e. The molecule has 1 rings (SSSR count). The van der Waals surface area contributed by atoms with Gasteiger partial charge in [0.1, 0.15) is 6.54 Å². The molecule has 1 aromatic carbocycles. The molecule has 6 heteroatoms. The summed E-state index contributed by atoms with van der Waals surface area (Å²) in [7, 11) is 5.64. The minimum absolute atomic E-state index is 0.303. The van der Waals surface area contributed by atoms with Gasteiger partial charge in [-0.2, -0.15) is 0 Å². The second-order valence-corrected chi connectivity index (χ2v) is 5.18. The van der Waals surface area contributed by atoms with Crippen molar-refractivity contribution in [1.82, 2.24) is 9.80 Å². The lowest BCUT2D eigenvalue weighted by atomic mass is 10.3. The number of anilines is 1. The van der Waals surface area contributed by atoms with E-state index in [0.717, 1.165) is 13.0 Å². The Hall–Kier alpha value is -2.08. The largest absolute Gasteiger partial charge is 0.480 e. The minimum atomic E-state index is -1.03. The molecule has 1 aromatic rings. The van der Waals surface area contributed by atoms with Crippen LogP contribution in [0.5, 0.6) is 0 Å². The Balaban J connectivity index is 2.74. The van der Waals surface area contributed by atoms with Gasteiger partial charge >= 0.3 is 12.0 Å². The number of rotatable bonds is 7. The minimum Gasteiger partial charge on any atom is -0.480 e. The Kier molecular flexibility index (Phi) is 6.68. The van der Waals surface area contributed by atoms with Crippen molar-refractivity contribution in [2.45, 2.75) is 6.42 Å². The highest BCUT2D eigenvalue weighted by Gasteiger charge is 2.21. The molecule has 2 amide bonds. The van der Waals surface area contributed by atoms with Crippen molar-refractivity contribution in [3.8, 4) is 0 Å². The molecule has 1 N–H and O–H groups in total. The molecular formula is C15H23N3O3. The molecule has 0 saturated heterocycles. The van der Waals surface area contributed by atoms with Crippen LogP contribution in [0.1, 0.15) is 6.42 Å². The van der Waals surface area contributed by atoms with Gasteiger partial charge in [-0.3, -0.25) is 9.69 Å². The number of nitrogens with zero attached hydrogens (tertiary/aromatic N) is 3. The van der Waals surface area contributed by atoms with Crippen LogP contribution in [0.15, 0.2) is 30.3 Å². The monoisotopic (exact) mass is 293 g/mol. The summed E-state index contributed by atoms with van der Waals surface area (Å²) >= 11 is 0. The van der Waals surface area contributed by atoms with Crippen molar-refractivity contribution < 1.29 is 14.7 Å². The summed E-state index contributed by atoms with van der Waals surface area (Å²) in [4.78, 5) is 28.3. The van der Waals surface area contributed by atoms with Crippen LogP contribution in [-0.4, -0.2) is 67.7 Å². The van der Waals surface area contributed by atoms with Gasteiger partial charge < -0.3 is 14.9 Å². The summed E-state index contributed by atoms with van der Waals surface area (Å²) in [5.74, 6) is -1.03. The molecule has 21 heavy (non-hydrogen) atoms. The van der Waals surface area contributed by atoms with Crippen LogP contribution in [0.3, 0.4) is 0 Å². The summed E-state index contributed by atoms with van der Waals surface area (Å²) in [6, 6.07) is 8.55. The Morgan fingerprint density at radius 1 is 1.05 bits per heavy atom. The number of amides is 2. The molecule has 0 aliphatic rings. The van der Waals surface area contributed by atoms with Crippen molar-refractivity contribution in [1.29, 1.82) is 0 Å². The van der Waals surface area contributed by atoms with Crippen LogP contribution < -0.4 is 4.90 Å². The van der Waals surface area contributed by atoms with E-state index in [1.165, 1.54) is 4.90 Å². The fourth-order valence-corrected chi connectivity index (χ4v) is 1.94. The lowest BCUT2D eigenvalue weighted by Gasteiger charge is -2.27. The number of carboxylic acid groups (broad SMARTS) is 1. The van der Waals surface area contributed by atoms with Crippen LogP contribution in [0, 0.1) is 0 Å². The number of carboxylic acids is 1. The molecule has 0 fully saturated rings. The summed E-state index contributed by atoms with van der Waals surface area (Å²) in [6.45, 7) is 1.11. The van der Waals surface area contributed by atoms with E-state index >= 15 is 0 Å². The molecule has 0 aliphatic carbocycles. The summed E-state index contributed by atoms with van der Waals surface area (Å²) < 4.78 is 0. The molecule has 0 atom stereocenters. The van der Waals surface area contributed by atoms with Gasteiger partial charge in [0.15, 0.2) is 0 Å². The molecule has 116 valence electrons. The zero-order valence-electron chi connectivity index (χ0n) is 12.8. The first-order valence-electron chi connectivity index (χ1n) is 6.86. The quantitative estimate of drug-likeness (QED) is 0.829. The standard InChI is InChI=1S/C15H23N3O3/c1-16(2)10-7-11-17(3)15(21)18(12-14(19)20)13-8-5-4-6-9-13/h4-6,8-9H,7,10-12H2,1-3H3,(H,19,20). The highest BCUT2D eigenvalue weighted by Crippen LogP contribution is 2.15. The molecule has 6 nitrogen and oxygen atoms in total. The number of carbonyl (C=O) groups excluding carboxylic acids is 1. The van der Waals surface area contributed by atoms with Crippen LogP contribution in [-0.2, 0) is 4.79 Å². The number of benzene rings is 1. The van der Waals surface area contributed by atoms with E-state index in [4.69, 9.17) is 5.11 Å². The fourth-order valence-electron chi connectivity index (χ4n) is 1.94. The van der Waals surface area contributed by atoms with Gasteiger partial charge in [0.2, 0.25) is 0 Å². The highest BCUT2D eigenvalue weighted by atomic mass is 16.4. The average Bonchev–Trinajstić information content (AvgIpc) is 2.44. The maximum atomic E-state index is 12.4. The average molecular weight is 293 g/mol. The van der Waals surface area contributed by atoms with Gasteiger partial charge in [-0.15, -0.1) is 0 Å². The second kappa shape index (κ2) is 8.26. The first-order valence-corrected chi connectivity index (χ1v) is 6.86. The van der Waals surface area contributed by atoms with Crippen LogP contribution in [0.4, 0.5) is 10.5 Å². The number of hydrogen-bond acceptors (Lipinski definition) is 3. The molecule has 0 radical (unpaired) electrons. The third-order valence-corrected chi connectivity index (χ3v) is 3.02. The summed E-state index contributed by atoms with van der Waals surface area (Å²) in [5, 5.41) is 9.01. The van der Waals surface area contributed by atoms with E-state index in [9.17, 15) is 9.59 Å². The zero-order chi connectivity index (χ0) is 15.8. The lowest BCUT2D eigenvalue weighted by Crippen LogP contribution is -2.44. The summed E-state index contributed by atoms with van der Waals surface area (Å²) in [6.07, 6.45) is 0.838. The maximum Gasteiger partial charge on any atom is 0.324 e. The van der Waals surface area contributed by atoms with Gasteiger partial charge in [0.25, 0.3) is 0 Å². The van der Waals surface area contributed by atoms with E-state index < -0.39 is 5.97 Å². The number of aliphatic carboxylic acids is 1. The van der Waals surface area contributed by atoms with Crippen molar-refractivity contribution >= 4 is 17.7 Å². The van der Waals surface area contributed by atoms with Crippen molar-refractivity contribution in [2.24, 2.45) is 0 Å². The third-order valence-electron chi connectivity index (χ3n) is 3.02. The highest BCUT2D eigenvalue weighted by molar-refractivity contribution is 5.96. The van der Waals surface area contributed by atoms with Gasteiger partial charge in [0.05, 0.1) is 0 Å². The number of hydrogen-bond donors (Lipinski definition) is 1. The molecule has 0 unspecified atom stereocenters. The van der Waals surface area contributed by atoms with Gasteiger partial charge in [-0.05, 0) is 39.2 Å². The first kappa shape index (κ1) is 17.0. The van der Waals surface area contributed by atoms with E-state index in [1.807, 2.05) is 25.1 Å². The number of urea groups is 1. The normalized spacial score (nSPS) is 10.5. The first-order chi connectivity index (χ1) is 9.91. The van der Waals surface area contributed by atoms with Crippen LogP contribution >= 0.6 is 0 Å². The second-order valence-electron chi connectivity index (χ2n) is 5.18. The Bertz CT molecular complexity index is 462. The SMILES string of the molecule is CN(C)CCCN(C)C(=O)N(CC(=O)O)c1ccccc1. The van der Waals surface area contributed by atoms with E-state index in [0.29, 0.717) is 12.2 Å². The Morgan fingerprint density at radius 2 is 1.67 bits per heavy atom. The van der Waals surface area contributed by atoms with E-state index in [-0.39, 0.29) is 12.6 Å². The van der Waals surface area contributed by atoms with E-state index in [2.05, 4.69) is 0 Å². The van der Waals surface area contributed by atoms with E-state index in [1.54, 1.807) is 36.2 Å². The van der Waals surface area contributed by atoms with Crippen molar-refractivity contribution in [2.75, 3.05) is 45.7 Å². The van der Waals surface area contributed by atoms with Crippen molar-refractivity contribution in [3.63, 3.8) is 0 Å². The molecule has 0 saturated carbocycles. The Morgan fingerprint density at radius 3 is 2.19 bits per heavy atom. The van der Waals surface area contributed by atoms with Gasteiger partial charge in [0, 0.05) is 19.3 Å². The molecular weight excluding hydrogens is 270 g/mol.